The molecule has 0 aliphatic heterocycles. The predicted molar refractivity (Wildman–Crippen MR) is 61.9 cm³/mol. The summed E-state index contributed by atoms with van der Waals surface area (Å²) in [6.45, 7) is 2.86. The van der Waals surface area contributed by atoms with Crippen LogP contribution in [0.2, 0.25) is 0 Å². The molecule has 4 heteroatoms. The minimum Gasteiger partial charge on any atom is -0.386 e. The van der Waals surface area contributed by atoms with Crippen molar-refractivity contribution in [2.75, 3.05) is 7.05 Å². The lowest BCUT2D eigenvalue weighted by Gasteiger charge is -2.28. The van der Waals surface area contributed by atoms with E-state index in [1.54, 1.807) is 11.3 Å². The third-order valence-electron chi connectivity index (χ3n) is 3.10. The van der Waals surface area contributed by atoms with Crippen LogP contribution in [0.5, 0.6) is 0 Å². The number of rotatable bonds is 4. The zero-order chi connectivity index (χ0) is 10.8. The molecule has 0 saturated heterocycles. The van der Waals surface area contributed by atoms with Crippen LogP contribution in [0.25, 0.3) is 0 Å². The standard InChI is InChI=1S/C11H18N2OS/c1-7-9(6-12-2)15-11(13-7)10(14)8-4-3-5-8/h8,10,12,14H,3-6H2,1-2H3. The summed E-state index contributed by atoms with van der Waals surface area (Å²) in [4.78, 5) is 5.70. The van der Waals surface area contributed by atoms with Crippen molar-refractivity contribution in [1.29, 1.82) is 0 Å². The van der Waals surface area contributed by atoms with Gasteiger partial charge in [0.2, 0.25) is 0 Å². The van der Waals surface area contributed by atoms with Crippen LogP contribution in [-0.4, -0.2) is 17.1 Å². The van der Waals surface area contributed by atoms with E-state index < -0.39 is 0 Å². The highest BCUT2D eigenvalue weighted by Gasteiger charge is 2.29. The Hall–Kier alpha value is -0.450. The highest BCUT2D eigenvalue weighted by atomic mass is 32.1. The van der Waals surface area contributed by atoms with E-state index in [4.69, 9.17) is 0 Å². The maximum atomic E-state index is 10.1. The number of aromatic nitrogens is 1. The second kappa shape index (κ2) is 4.60. The van der Waals surface area contributed by atoms with Gasteiger partial charge in [-0.2, -0.15) is 0 Å². The number of aliphatic hydroxyl groups is 1. The Morgan fingerprint density at radius 2 is 2.33 bits per heavy atom. The molecule has 1 unspecified atom stereocenters. The molecular weight excluding hydrogens is 208 g/mol. The molecule has 1 aromatic rings. The molecule has 1 fully saturated rings. The lowest BCUT2D eigenvalue weighted by molar-refractivity contribution is 0.0618. The van der Waals surface area contributed by atoms with Gasteiger partial charge < -0.3 is 10.4 Å². The Morgan fingerprint density at radius 1 is 1.60 bits per heavy atom. The largest absolute Gasteiger partial charge is 0.386 e. The van der Waals surface area contributed by atoms with Gasteiger partial charge in [-0.05, 0) is 32.7 Å². The molecule has 2 N–H and O–H groups in total. The minimum absolute atomic E-state index is 0.326. The van der Waals surface area contributed by atoms with Crippen LogP contribution in [0, 0.1) is 12.8 Å². The molecule has 2 rings (SSSR count). The zero-order valence-corrected chi connectivity index (χ0v) is 10.1. The highest BCUT2D eigenvalue weighted by molar-refractivity contribution is 7.11. The molecule has 0 radical (unpaired) electrons. The van der Waals surface area contributed by atoms with Crippen molar-refractivity contribution in [1.82, 2.24) is 10.3 Å². The lowest BCUT2D eigenvalue weighted by atomic mass is 9.81. The van der Waals surface area contributed by atoms with Crippen molar-refractivity contribution in [2.24, 2.45) is 5.92 Å². The maximum Gasteiger partial charge on any atom is 0.122 e. The monoisotopic (exact) mass is 226 g/mol. The quantitative estimate of drug-likeness (QED) is 0.825. The van der Waals surface area contributed by atoms with E-state index in [9.17, 15) is 5.11 Å². The molecule has 1 aliphatic carbocycles. The molecule has 1 heterocycles. The Bertz CT molecular complexity index is 333. The fraction of sp³-hybridized carbons (Fsp3) is 0.727. The van der Waals surface area contributed by atoms with Gasteiger partial charge in [0.1, 0.15) is 11.1 Å². The Labute approximate surface area is 94.5 Å². The van der Waals surface area contributed by atoms with Gasteiger partial charge in [0, 0.05) is 11.4 Å². The van der Waals surface area contributed by atoms with Gasteiger partial charge >= 0.3 is 0 Å². The number of aliphatic hydroxyl groups excluding tert-OH is 1. The maximum absolute atomic E-state index is 10.1. The van der Waals surface area contributed by atoms with Crippen LogP contribution in [-0.2, 0) is 6.54 Å². The van der Waals surface area contributed by atoms with Crippen LogP contribution >= 0.6 is 11.3 Å². The molecule has 0 spiro atoms. The van der Waals surface area contributed by atoms with Crippen molar-refractivity contribution in [2.45, 2.75) is 38.8 Å². The van der Waals surface area contributed by atoms with E-state index in [2.05, 4.69) is 10.3 Å². The summed E-state index contributed by atoms with van der Waals surface area (Å²) in [5, 5.41) is 14.1. The topological polar surface area (TPSA) is 45.1 Å². The lowest BCUT2D eigenvalue weighted by Crippen LogP contribution is -2.19. The molecule has 0 bridgehead atoms. The summed E-state index contributed by atoms with van der Waals surface area (Å²) in [5.41, 5.74) is 1.06. The van der Waals surface area contributed by atoms with Gasteiger partial charge in [-0.15, -0.1) is 11.3 Å². The third kappa shape index (κ3) is 2.22. The molecule has 0 amide bonds. The van der Waals surface area contributed by atoms with Crippen LogP contribution in [0.15, 0.2) is 0 Å². The van der Waals surface area contributed by atoms with Crippen molar-refractivity contribution in [3.63, 3.8) is 0 Å². The SMILES string of the molecule is CNCc1sc(C(O)C2CCC2)nc1C. The summed E-state index contributed by atoms with van der Waals surface area (Å²) < 4.78 is 0. The first-order valence-electron chi connectivity index (χ1n) is 5.51. The first kappa shape index (κ1) is 11.0. The highest BCUT2D eigenvalue weighted by Crippen LogP contribution is 2.39. The fourth-order valence-electron chi connectivity index (χ4n) is 1.86. The van der Waals surface area contributed by atoms with Gasteiger partial charge in [-0.25, -0.2) is 4.98 Å². The predicted octanol–water partition coefficient (Wildman–Crippen LogP) is 2.00. The normalized spacial score (nSPS) is 18.9. The summed E-state index contributed by atoms with van der Waals surface area (Å²) in [6, 6.07) is 0. The summed E-state index contributed by atoms with van der Waals surface area (Å²) in [7, 11) is 1.93. The average molecular weight is 226 g/mol. The number of hydrogen-bond acceptors (Lipinski definition) is 4. The van der Waals surface area contributed by atoms with Crippen molar-refractivity contribution >= 4 is 11.3 Å². The van der Waals surface area contributed by atoms with E-state index in [1.807, 2.05) is 14.0 Å². The van der Waals surface area contributed by atoms with Gasteiger partial charge in [0.15, 0.2) is 0 Å². The van der Waals surface area contributed by atoms with Crippen LogP contribution < -0.4 is 5.32 Å². The van der Waals surface area contributed by atoms with E-state index in [-0.39, 0.29) is 6.10 Å². The van der Waals surface area contributed by atoms with Crippen LogP contribution in [0.4, 0.5) is 0 Å². The van der Waals surface area contributed by atoms with E-state index >= 15 is 0 Å². The second-order valence-corrected chi connectivity index (χ2v) is 5.34. The fourth-order valence-corrected chi connectivity index (χ4v) is 3.02. The first-order valence-corrected chi connectivity index (χ1v) is 6.33. The van der Waals surface area contributed by atoms with Gasteiger partial charge in [-0.3, -0.25) is 0 Å². The second-order valence-electron chi connectivity index (χ2n) is 4.23. The van der Waals surface area contributed by atoms with Crippen LogP contribution in [0.1, 0.15) is 40.9 Å². The Balaban J connectivity index is 2.10. The number of hydrogen-bond donors (Lipinski definition) is 2. The number of nitrogens with zero attached hydrogens (tertiary/aromatic N) is 1. The molecule has 15 heavy (non-hydrogen) atoms. The molecule has 1 aromatic heterocycles. The number of nitrogens with one attached hydrogen (secondary N) is 1. The summed E-state index contributed by atoms with van der Waals surface area (Å²) >= 11 is 1.65. The van der Waals surface area contributed by atoms with Gasteiger partial charge in [-0.1, -0.05) is 6.42 Å². The van der Waals surface area contributed by atoms with E-state index in [1.165, 1.54) is 11.3 Å². The minimum atomic E-state index is -0.326. The Kier molecular flexibility index (Phi) is 3.38. The van der Waals surface area contributed by atoms with Crippen molar-refractivity contribution < 1.29 is 5.11 Å². The molecule has 1 atom stereocenters. The van der Waals surface area contributed by atoms with Crippen molar-refractivity contribution in [3.05, 3.63) is 15.6 Å². The molecular formula is C11H18N2OS. The number of aryl methyl sites for hydroxylation is 1. The zero-order valence-electron chi connectivity index (χ0n) is 9.29. The van der Waals surface area contributed by atoms with Crippen LogP contribution in [0.3, 0.4) is 0 Å². The van der Waals surface area contributed by atoms with Gasteiger partial charge in [0.05, 0.1) is 5.69 Å². The Morgan fingerprint density at radius 3 is 2.87 bits per heavy atom. The molecule has 1 saturated carbocycles. The molecule has 1 aliphatic rings. The summed E-state index contributed by atoms with van der Waals surface area (Å²) in [5.74, 6) is 0.456. The third-order valence-corrected chi connectivity index (χ3v) is 4.32. The summed E-state index contributed by atoms with van der Waals surface area (Å²) in [6.07, 6.45) is 3.24. The molecule has 84 valence electrons. The van der Waals surface area contributed by atoms with Crippen molar-refractivity contribution in [3.8, 4) is 0 Å². The first-order chi connectivity index (χ1) is 7.22. The average Bonchev–Trinajstić information content (AvgIpc) is 2.46. The number of thiazole rings is 1. The van der Waals surface area contributed by atoms with E-state index in [0.29, 0.717) is 5.92 Å². The van der Waals surface area contributed by atoms with E-state index in [0.717, 1.165) is 30.1 Å². The van der Waals surface area contributed by atoms with Gasteiger partial charge in [0.25, 0.3) is 0 Å². The smallest absolute Gasteiger partial charge is 0.122 e. The molecule has 3 nitrogen and oxygen atoms in total. The molecule has 0 aromatic carbocycles.